The van der Waals surface area contributed by atoms with E-state index >= 15 is 0 Å². The Bertz CT molecular complexity index is 130. The number of nitrogens with zero attached hydrogens (tertiary/aromatic N) is 1. The Hall–Kier alpha value is -0.710. The zero-order valence-corrected chi connectivity index (χ0v) is 6.51. The average Bonchev–Trinajstić information content (AvgIpc) is 1.85. The standard InChI is InChI=1S/C6H11F2NO2/c1-9(3-5(7)8)4-6(10)11-2/h5H,3-4H2,1-2H3. The topological polar surface area (TPSA) is 29.5 Å². The van der Waals surface area contributed by atoms with E-state index in [1.54, 1.807) is 0 Å². The van der Waals surface area contributed by atoms with Crippen LogP contribution in [0.25, 0.3) is 0 Å². The van der Waals surface area contributed by atoms with Gasteiger partial charge in [-0.1, -0.05) is 0 Å². The van der Waals surface area contributed by atoms with E-state index in [4.69, 9.17) is 0 Å². The van der Waals surface area contributed by atoms with Gasteiger partial charge in [-0.25, -0.2) is 8.78 Å². The van der Waals surface area contributed by atoms with Gasteiger partial charge in [0.2, 0.25) is 0 Å². The van der Waals surface area contributed by atoms with Crippen molar-refractivity contribution in [1.82, 2.24) is 4.90 Å². The first-order valence-electron chi connectivity index (χ1n) is 3.09. The molecule has 5 heteroatoms. The maximum atomic E-state index is 11.6. The molecule has 3 nitrogen and oxygen atoms in total. The lowest BCUT2D eigenvalue weighted by Crippen LogP contribution is -2.30. The highest BCUT2D eigenvalue weighted by atomic mass is 19.3. The molecule has 0 radical (unpaired) electrons. The van der Waals surface area contributed by atoms with Crippen LogP contribution in [0.2, 0.25) is 0 Å². The predicted molar refractivity (Wildman–Crippen MR) is 35.5 cm³/mol. The molecule has 0 N–H and O–H groups in total. The first-order valence-corrected chi connectivity index (χ1v) is 3.09. The number of hydrogen-bond donors (Lipinski definition) is 0. The summed E-state index contributed by atoms with van der Waals surface area (Å²) in [4.78, 5) is 11.7. The third-order valence-corrected chi connectivity index (χ3v) is 1.08. The van der Waals surface area contributed by atoms with Crippen LogP contribution in [0.5, 0.6) is 0 Å². The van der Waals surface area contributed by atoms with Crippen LogP contribution in [0, 0.1) is 0 Å². The fourth-order valence-electron chi connectivity index (χ4n) is 0.585. The van der Waals surface area contributed by atoms with Crippen molar-refractivity contribution in [3.05, 3.63) is 0 Å². The minimum atomic E-state index is -2.41. The summed E-state index contributed by atoms with van der Waals surface area (Å²) in [5.41, 5.74) is 0. The second-order valence-corrected chi connectivity index (χ2v) is 2.16. The van der Waals surface area contributed by atoms with Gasteiger partial charge in [0.25, 0.3) is 6.43 Å². The molecule has 0 aromatic heterocycles. The molecule has 0 aliphatic heterocycles. The highest BCUT2D eigenvalue weighted by Gasteiger charge is 2.10. The molecule has 0 amide bonds. The largest absolute Gasteiger partial charge is 0.468 e. The monoisotopic (exact) mass is 167 g/mol. The Morgan fingerprint density at radius 2 is 2.18 bits per heavy atom. The van der Waals surface area contributed by atoms with E-state index in [0.29, 0.717) is 0 Å². The van der Waals surface area contributed by atoms with Crippen LogP contribution >= 0.6 is 0 Å². The molecule has 0 saturated heterocycles. The average molecular weight is 167 g/mol. The minimum absolute atomic E-state index is 0.0964. The number of alkyl halides is 2. The van der Waals surface area contributed by atoms with Crippen LogP contribution in [-0.4, -0.2) is 44.5 Å². The molecule has 0 fully saturated rings. The number of methoxy groups -OCH3 is 1. The molecule has 0 unspecified atom stereocenters. The van der Waals surface area contributed by atoms with E-state index < -0.39 is 18.9 Å². The summed E-state index contributed by atoms with van der Waals surface area (Å²) in [5, 5.41) is 0. The van der Waals surface area contributed by atoms with Gasteiger partial charge in [-0.3, -0.25) is 9.69 Å². The predicted octanol–water partition coefficient (Wildman–Crippen LogP) is 0.356. The second-order valence-electron chi connectivity index (χ2n) is 2.16. The van der Waals surface area contributed by atoms with Gasteiger partial charge in [0.05, 0.1) is 20.2 Å². The normalized spacial score (nSPS) is 10.7. The third-order valence-electron chi connectivity index (χ3n) is 1.08. The number of carbonyl (C=O) groups excluding carboxylic acids is 1. The number of rotatable bonds is 4. The summed E-state index contributed by atoms with van der Waals surface area (Å²) >= 11 is 0. The molecule has 0 aliphatic rings. The van der Waals surface area contributed by atoms with Gasteiger partial charge >= 0.3 is 5.97 Å². The Balaban J connectivity index is 3.51. The van der Waals surface area contributed by atoms with Crippen LogP contribution in [0.4, 0.5) is 8.78 Å². The molecule has 0 bridgehead atoms. The number of halogens is 2. The molecule has 0 heterocycles. The van der Waals surface area contributed by atoms with E-state index in [1.165, 1.54) is 19.1 Å². The zero-order valence-electron chi connectivity index (χ0n) is 6.51. The van der Waals surface area contributed by atoms with Gasteiger partial charge in [-0.15, -0.1) is 0 Å². The minimum Gasteiger partial charge on any atom is -0.468 e. The van der Waals surface area contributed by atoms with E-state index in [-0.39, 0.29) is 6.54 Å². The van der Waals surface area contributed by atoms with Crippen LogP contribution in [0.15, 0.2) is 0 Å². The SMILES string of the molecule is COC(=O)CN(C)CC(F)F. The van der Waals surface area contributed by atoms with Crippen molar-refractivity contribution in [2.45, 2.75) is 6.43 Å². The van der Waals surface area contributed by atoms with Gasteiger partial charge in [-0.2, -0.15) is 0 Å². The molecule has 66 valence electrons. The van der Waals surface area contributed by atoms with Crippen molar-refractivity contribution in [3.63, 3.8) is 0 Å². The summed E-state index contributed by atoms with van der Waals surface area (Å²) < 4.78 is 27.6. The van der Waals surface area contributed by atoms with E-state index in [9.17, 15) is 13.6 Å². The smallest absolute Gasteiger partial charge is 0.319 e. The Morgan fingerprint density at radius 3 is 2.55 bits per heavy atom. The van der Waals surface area contributed by atoms with E-state index in [1.807, 2.05) is 0 Å². The van der Waals surface area contributed by atoms with Gasteiger partial charge in [0.1, 0.15) is 0 Å². The number of likely N-dealkylation sites (N-methyl/N-ethyl adjacent to an activating group) is 1. The number of esters is 1. The lowest BCUT2D eigenvalue weighted by Gasteiger charge is -2.13. The first-order chi connectivity index (χ1) is 5.06. The van der Waals surface area contributed by atoms with Crippen molar-refractivity contribution in [2.24, 2.45) is 0 Å². The van der Waals surface area contributed by atoms with Crippen LogP contribution in [-0.2, 0) is 9.53 Å². The van der Waals surface area contributed by atoms with E-state index in [0.717, 1.165) is 0 Å². The molecule has 0 atom stereocenters. The van der Waals surface area contributed by atoms with Crippen molar-refractivity contribution < 1.29 is 18.3 Å². The zero-order chi connectivity index (χ0) is 8.85. The molecule has 11 heavy (non-hydrogen) atoms. The highest BCUT2D eigenvalue weighted by Crippen LogP contribution is 1.94. The third kappa shape index (κ3) is 5.72. The van der Waals surface area contributed by atoms with Crippen LogP contribution in [0.3, 0.4) is 0 Å². The molecule has 0 rings (SSSR count). The van der Waals surface area contributed by atoms with Crippen molar-refractivity contribution in [1.29, 1.82) is 0 Å². The summed E-state index contributed by atoms with van der Waals surface area (Å²) in [6.45, 7) is -0.504. The maximum absolute atomic E-state index is 11.6. The molecule has 0 aromatic rings. The fourth-order valence-corrected chi connectivity index (χ4v) is 0.585. The van der Waals surface area contributed by atoms with Gasteiger partial charge in [-0.05, 0) is 7.05 Å². The molecule has 0 aromatic carbocycles. The van der Waals surface area contributed by atoms with E-state index in [2.05, 4.69) is 4.74 Å². The molecular weight excluding hydrogens is 156 g/mol. The molecule has 0 aliphatic carbocycles. The van der Waals surface area contributed by atoms with Gasteiger partial charge in [0, 0.05) is 0 Å². The molecular formula is C6H11F2NO2. The number of ether oxygens (including phenoxy) is 1. The quantitative estimate of drug-likeness (QED) is 0.566. The highest BCUT2D eigenvalue weighted by molar-refractivity contribution is 5.71. The molecule has 0 spiro atoms. The lowest BCUT2D eigenvalue weighted by atomic mass is 10.5. The summed E-state index contributed by atoms with van der Waals surface area (Å²) in [6, 6.07) is 0. The van der Waals surface area contributed by atoms with Crippen LogP contribution in [0.1, 0.15) is 0 Å². The van der Waals surface area contributed by atoms with Crippen LogP contribution < -0.4 is 0 Å². The van der Waals surface area contributed by atoms with Gasteiger partial charge < -0.3 is 4.74 Å². The van der Waals surface area contributed by atoms with Crippen molar-refractivity contribution >= 4 is 5.97 Å². The van der Waals surface area contributed by atoms with Crippen molar-refractivity contribution in [3.8, 4) is 0 Å². The number of hydrogen-bond acceptors (Lipinski definition) is 3. The summed E-state index contributed by atoms with van der Waals surface area (Å²) in [6.07, 6.45) is -2.41. The second kappa shape index (κ2) is 5.01. The summed E-state index contributed by atoms with van der Waals surface area (Å²) in [5.74, 6) is -0.506. The van der Waals surface area contributed by atoms with Gasteiger partial charge in [0.15, 0.2) is 0 Å². The van der Waals surface area contributed by atoms with Crippen molar-refractivity contribution in [2.75, 3.05) is 27.2 Å². The fraction of sp³-hybridized carbons (Fsp3) is 0.833. The summed E-state index contributed by atoms with van der Waals surface area (Å²) in [7, 11) is 2.65. The Morgan fingerprint density at radius 1 is 1.64 bits per heavy atom. The Labute approximate surface area is 63.9 Å². The number of carbonyl (C=O) groups is 1. The first kappa shape index (κ1) is 10.3. The maximum Gasteiger partial charge on any atom is 0.319 e. The molecule has 0 saturated carbocycles. The Kier molecular flexibility index (Phi) is 4.69. The lowest BCUT2D eigenvalue weighted by molar-refractivity contribution is -0.141.